The topological polar surface area (TPSA) is 68.1 Å². The number of nitrogens with zero attached hydrogens (tertiary/aromatic N) is 2. The van der Waals surface area contributed by atoms with Crippen LogP contribution in [-0.4, -0.2) is 9.91 Å². The maximum Gasteiger partial charge on any atom is 0.312 e. The van der Waals surface area contributed by atoms with Crippen LogP contribution in [0, 0.1) is 17.0 Å². The van der Waals surface area contributed by atoms with Crippen molar-refractivity contribution in [3.8, 4) is 0 Å². The third-order valence-corrected chi connectivity index (χ3v) is 2.75. The molecule has 0 spiro atoms. The van der Waals surface area contributed by atoms with Crippen molar-refractivity contribution in [2.75, 3.05) is 5.32 Å². The smallest absolute Gasteiger partial charge is 0.312 e. The predicted octanol–water partition coefficient (Wildman–Crippen LogP) is 3.80. The lowest BCUT2D eigenvalue weighted by molar-refractivity contribution is -0.384. The zero-order valence-electron chi connectivity index (χ0n) is 9.55. The Balaban J connectivity index is 2.37. The van der Waals surface area contributed by atoms with Gasteiger partial charge in [0.05, 0.1) is 4.92 Å². The molecule has 6 heteroatoms. The number of hydrogen-bond donors (Lipinski definition) is 1. The molecule has 1 N–H and O–H groups in total. The average molecular weight is 308 g/mol. The highest BCUT2D eigenvalue weighted by Gasteiger charge is 2.15. The SMILES string of the molecule is Cc1cccc(Nc2ncc(Br)cc2[N+](=O)[O-])c1. The van der Waals surface area contributed by atoms with Crippen molar-refractivity contribution in [1.82, 2.24) is 4.98 Å². The van der Waals surface area contributed by atoms with Crippen LogP contribution in [0.1, 0.15) is 5.56 Å². The van der Waals surface area contributed by atoms with E-state index < -0.39 is 4.92 Å². The normalized spacial score (nSPS) is 10.1. The van der Waals surface area contributed by atoms with Crippen molar-refractivity contribution < 1.29 is 4.92 Å². The molecule has 0 saturated carbocycles. The van der Waals surface area contributed by atoms with E-state index in [-0.39, 0.29) is 11.5 Å². The minimum atomic E-state index is -0.462. The second kappa shape index (κ2) is 5.14. The predicted molar refractivity (Wildman–Crippen MR) is 73.1 cm³/mol. The fourth-order valence-electron chi connectivity index (χ4n) is 1.52. The van der Waals surface area contributed by atoms with E-state index in [2.05, 4.69) is 26.2 Å². The zero-order chi connectivity index (χ0) is 13.1. The molecule has 0 atom stereocenters. The molecule has 0 fully saturated rings. The highest BCUT2D eigenvalue weighted by atomic mass is 79.9. The van der Waals surface area contributed by atoms with Crippen molar-refractivity contribution in [2.45, 2.75) is 6.92 Å². The molecular weight excluding hydrogens is 298 g/mol. The monoisotopic (exact) mass is 307 g/mol. The van der Waals surface area contributed by atoms with Gasteiger partial charge in [-0.2, -0.15) is 0 Å². The summed E-state index contributed by atoms with van der Waals surface area (Å²) in [6, 6.07) is 8.98. The molecule has 2 rings (SSSR count). The van der Waals surface area contributed by atoms with Gasteiger partial charge in [-0.25, -0.2) is 4.98 Å². The molecule has 0 amide bonds. The molecule has 1 heterocycles. The Morgan fingerprint density at radius 1 is 1.39 bits per heavy atom. The van der Waals surface area contributed by atoms with Crippen molar-refractivity contribution >= 4 is 33.1 Å². The highest BCUT2D eigenvalue weighted by molar-refractivity contribution is 9.10. The minimum absolute atomic E-state index is 0.0640. The van der Waals surface area contributed by atoms with Gasteiger partial charge in [0, 0.05) is 22.4 Å². The van der Waals surface area contributed by atoms with E-state index in [9.17, 15) is 10.1 Å². The Morgan fingerprint density at radius 2 is 2.17 bits per heavy atom. The first-order valence-corrected chi connectivity index (χ1v) is 5.99. The van der Waals surface area contributed by atoms with Gasteiger partial charge >= 0.3 is 5.69 Å². The highest BCUT2D eigenvalue weighted by Crippen LogP contribution is 2.28. The summed E-state index contributed by atoms with van der Waals surface area (Å²) in [5.41, 5.74) is 1.78. The van der Waals surface area contributed by atoms with Crippen LogP contribution in [-0.2, 0) is 0 Å². The molecule has 2 aromatic rings. The molecule has 1 aromatic carbocycles. The van der Waals surface area contributed by atoms with E-state index >= 15 is 0 Å². The van der Waals surface area contributed by atoms with Crippen molar-refractivity contribution in [3.63, 3.8) is 0 Å². The van der Waals surface area contributed by atoms with Gasteiger partial charge in [0.25, 0.3) is 0 Å². The van der Waals surface area contributed by atoms with E-state index in [1.54, 1.807) is 0 Å². The Morgan fingerprint density at radius 3 is 2.83 bits per heavy atom. The second-order valence-corrected chi connectivity index (χ2v) is 4.69. The van der Waals surface area contributed by atoms with E-state index in [1.807, 2.05) is 31.2 Å². The number of hydrogen-bond acceptors (Lipinski definition) is 4. The summed E-state index contributed by atoms with van der Waals surface area (Å²) < 4.78 is 0.573. The lowest BCUT2D eigenvalue weighted by Crippen LogP contribution is -1.99. The van der Waals surface area contributed by atoms with Gasteiger partial charge in [-0.05, 0) is 40.5 Å². The molecule has 5 nitrogen and oxygen atoms in total. The number of nitro groups is 1. The Hall–Kier alpha value is -1.95. The first-order valence-electron chi connectivity index (χ1n) is 5.20. The quantitative estimate of drug-likeness (QED) is 0.691. The summed E-state index contributed by atoms with van der Waals surface area (Å²) in [5, 5.41) is 13.9. The van der Waals surface area contributed by atoms with E-state index in [4.69, 9.17) is 0 Å². The molecule has 0 saturated heterocycles. The van der Waals surface area contributed by atoms with Gasteiger partial charge in [-0.3, -0.25) is 10.1 Å². The number of pyridine rings is 1. The number of halogens is 1. The molecule has 0 aliphatic heterocycles. The molecule has 0 radical (unpaired) electrons. The number of nitrogens with one attached hydrogen (secondary N) is 1. The molecule has 92 valence electrons. The summed E-state index contributed by atoms with van der Waals surface area (Å²) >= 11 is 3.17. The van der Waals surface area contributed by atoms with Crippen LogP contribution in [0.15, 0.2) is 41.0 Å². The fraction of sp³-hybridized carbons (Fsp3) is 0.0833. The molecule has 0 aliphatic rings. The molecule has 0 bridgehead atoms. The first-order chi connectivity index (χ1) is 8.56. The number of aromatic nitrogens is 1. The van der Waals surface area contributed by atoms with Crippen molar-refractivity contribution in [3.05, 3.63) is 56.7 Å². The Labute approximate surface area is 112 Å². The van der Waals surface area contributed by atoms with E-state index in [0.29, 0.717) is 4.47 Å². The molecule has 18 heavy (non-hydrogen) atoms. The summed E-state index contributed by atoms with van der Waals surface area (Å²) in [7, 11) is 0. The summed E-state index contributed by atoms with van der Waals surface area (Å²) in [5.74, 6) is 0.230. The molecule has 0 aliphatic carbocycles. The minimum Gasteiger partial charge on any atom is -0.334 e. The van der Waals surface area contributed by atoms with E-state index in [0.717, 1.165) is 11.3 Å². The second-order valence-electron chi connectivity index (χ2n) is 3.77. The average Bonchev–Trinajstić information content (AvgIpc) is 2.31. The van der Waals surface area contributed by atoms with Crippen LogP contribution in [0.3, 0.4) is 0 Å². The summed E-state index contributed by atoms with van der Waals surface area (Å²) in [6.45, 7) is 1.95. The molecule has 1 aromatic heterocycles. The van der Waals surface area contributed by atoms with Gasteiger partial charge < -0.3 is 5.32 Å². The van der Waals surface area contributed by atoms with Gasteiger partial charge in [-0.1, -0.05) is 12.1 Å². The summed E-state index contributed by atoms with van der Waals surface area (Å²) in [4.78, 5) is 14.5. The Kier molecular flexibility index (Phi) is 3.57. The summed E-state index contributed by atoms with van der Waals surface area (Å²) in [6.07, 6.45) is 1.52. The Bertz CT molecular complexity index is 602. The van der Waals surface area contributed by atoms with Crippen molar-refractivity contribution in [1.29, 1.82) is 0 Å². The molecular formula is C12H10BrN3O2. The fourth-order valence-corrected chi connectivity index (χ4v) is 1.84. The number of rotatable bonds is 3. The van der Waals surface area contributed by atoms with Gasteiger partial charge in [-0.15, -0.1) is 0 Å². The maximum atomic E-state index is 10.9. The van der Waals surface area contributed by atoms with Crippen LogP contribution >= 0.6 is 15.9 Å². The lowest BCUT2D eigenvalue weighted by Gasteiger charge is -2.06. The standard InChI is InChI=1S/C12H10BrN3O2/c1-8-3-2-4-10(5-8)15-12-11(16(17)18)6-9(13)7-14-12/h2-7H,1H3,(H,14,15). The number of benzene rings is 1. The third kappa shape index (κ3) is 2.84. The lowest BCUT2D eigenvalue weighted by atomic mass is 10.2. The number of anilines is 2. The van der Waals surface area contributed by atoms with Crippen molar-refractivity contribution in [2.24, 2.45) is 0 Å². The third-order valence-electron chi connectivity index (χ3n) is 2.31. The van der Waals surface area contributed by atoms with Gasteiger partial charge in [0.1, 0.15) is 0 Å². The first kappa shape index (κ1) is 12.5. The maximum absolute atomic E-state index is 10.9. The zero-order valence-corrected chi connectivity index (χ0v) is 11.1. The number of aryl methyl sites for hydroxylation is 1. The van der Waals surface area contributed by atoms with Crippen LogP contribution < -0.4 is 5.32 Å². The van der Waals surface area contributed by atoms with Gasteiger partial charge in [0.15, 0.2) is 0 Å². The van der Waals surface area contributed by atoms with Crippen LogP contribution in [0.25, 0.3) is 0 Å². The largest absolute Gasteiger partial charge is 0.334 e. The van der Waals surface area contributed by atoms with Crippen LogP contribution in [0.2, 0.25) is 0 Å². The van der Waals surface area contributed by atoms with Gasteiger partial charge in [0.2, 0.25) is 5.82 Å². The van der Waals surface area contributed by atoms with E-state index in [1.165, 1.54) is 12.3 Å². The molecule has 0 unspecified atom stereocenters. The van der Waals surface area contributed by atoms with Crippen LogP contribution in [0.5, 0.6) is 0 Å². The van der Waals surface area contributed by atoms with Crippen LogP contribution in [0.4, 0.5) is 17.2 Å².